The van der Waals surface area contributed by atoms with Gasteiger partial charge in [-0.15, -0.1) is 0 Å². The molecular formula is C16H19N3O3. The third-order valence-electron chi connectivity index (χ3n) is 3.82. The molecule has 0 fully saturated rings. The van der Waals surface area contributed by atoms with E-state index in [2.05, 4.69) is 28.8 Å². The second-order valence-electron chi connectivity index (χ2n) is 5.50. The van der Waals surface area contributed by atoms with E-state index in [1.165, 1.54) is 5.56 Å². The minimum absolute atomic E-state index is 0.133. The smallest absolute Gasteiger partial charge is 0.239 e. The van der Waals surface area contributed by atoms with Gasteiger partial charge in [-0.25, -0.2) is 0 Å². The van der Waals surface area contributed by atoms with Gasteiger partial charge in [0.25, 0.3) is 0 Å². The van der Waals surface area contributed by atoms with Gasteiger partial charge in [0.1, 0.15) is 11.5 Å². The summed E-state index contributed by atoms with van der Waals surface area (Å²) < 4.78 is 10.6. The molecule has 0 radical (unpaired) electrons. The Balaban J connectivity index is 1.52. The number of rotatable bonds is 5. The maximum atomic E-state index is 11.9. The predicted octanol–water partition coefficient (Wildman–Crippen LogP) is 2.08. The van der Waals surface area contributed by atoms with Gasteiger partial charge in [0, 0.05) is 23.6 Å². The monoisotopic (exact) mass is 301 g/mol. The molecule has 2 N–H and O–H groups in total. The lowest BCUT2D eigenvalue weighted by molar-refractivity contribution is -0.115. The molecule has 0 saturated carbocycles. The molecule has 0 saturated heterocycles. The Morgan fingerprint density at radius 1 is 1.45 bits per heavy atom. The van der Waals surface area contributed by atoms with E-state index in [4.69, 9.17) is 9.26 Å². The molecule has 0 bridgehead atoms. The first-order valence-electron chi connectivity index (χ1n) is 7.32. The van der Waals surface area contributed by atoms with Gasteiger partial charge in [-0.05, 0) is 19.9 Å². The van der Waals surface area contributed by atoms with Gasteiger partial charge in [0.2, 0.25) is 5.91 Å². The lowest BCUT2D eigenvalue weighted by Gasteiger charge is -2.19. The molecule has 2 heterocycles. The fraction of sp³-hybridized carbons (Fsp3) is 0.375. The lowest BCUT2D eigenvalue weighted by Crippen LogP contribution is -2.38. The van der Waals surface area contributed by atoms with Crippen LogP contribution in [0.1, 0.15) is 24.2 Å². The van der Waals surface area contributed by atoms with Crippen LogP contribution in [0.15, 0.2) is 34.9 Å². The fourth-order valence-electron chi connectivity index (χ4n) is 2.61. The Bertz CT molecular complexity index is 668. The first-order valence-corrected chi connectivity index (χ1v) is 7.32. The molecule has 1 aromatic carbocycles. The number of aromatic nitrogens is 1. The average molecular weight is 301 g/mol. The fourth-order valence-corrected chi connectivity index (χ4v) is 2.61. The number of aryl methyl sites for hydroxylation is 1. The molecule has 1 aliphatic rings. The van der Waals surface area contributed by atoms with Gasteiger partial charge in [-0.3, -0.25) is 4.79 Å². The van der Waals surface area contributed by atoms with Crippen LogP contribution in [-0.4, -0.2) is 30.3 Å². The normalized spacial score (nSPS) is 17.6. The standard InChI is InChI=1S/C16H19N3O3/c1-10-7-15(19-22-10)18-16(20)8-17-11(2)13-9-21-14-6-4-3-5-12(13)14/h3-7,11,13,17H,8-9H2,1-2H3,(H,18,19,20)/t11-,13+/m1/s1. The Morgan fingerprint density at radius 3 is 3.05 bits per heavy atom. The highest BCUT2D eigenvalue weighted by Crippen LogP contribution is 2.35. The van der Waals surface area contributed by atoms with Crippen LogP contribution in [0.4, 0.5) is 5.82 Å². The van der Waals surface area contributed by atoms with Gasteiger partial charge in [-0.1, -0.05) is 23.4 Å². The molecule has 3 rings (SSSR count). The molecule has 1 amide bonds. The molecule has 1 aliphatic heterocycles. The summed E-state index contributed by atoms with van der Waals surface area (Å²) in [5.41, 5.74) is 1.19. The number of benzene rings is 1. The van der Waals surface area contributed by atoms with Crippen LogP contribution in [0.3, 0.4) is 0 Å². The van der Waals surface area contributed by atoms with E-state index in [1.807, 2.05) is 18.2 Å². The minimum atomic E-state index is -0.146. The van der Waals surface area contributed by atoms with Crippen molar-refractivity contribution in [2.24, 2.45) is 0 Å². The van der Waals surface area contributed by atoms with Crippen molar-refractivity contribution in [1.29, 1.82) is 0 Å². The van der Waals surface area contributed by atoms with Crippen molar-refractivity contribution >= 4 is 11.7 Å². The number of nitrogens with one attached hydrogen (secondary N) is 2. The molecule has 0 unspecified atom stereocenters. The van der Waals surface area contributed by atoms with E-state index in [1.54, 1.807) is 13.0 Å². The van der Waals surface area contributed by atoms with Crippen LogP contribution >= 0.6 is 0 Å². The summed E-state index contributed by atoms with van der Waals surface area (Å²) >= 11 is 0. The third kappa shape index (κ3) is 3.12. The molecule has 0 aliphatic carbocycles. The lowest BCUT2D eigenvalue weighted by atomic mass is 9.94. The highest BCUT2D eigenvalue weighted by atomic mass is 16.5. The number of ether oxygens (including phenoxy) is 1. The minimum Gasteiger partial charge on any atom is -0.493 e. The molecule has 1 aromatic heterocycles. The Hall–Kier alpha value is -2.34. The van der Waals surface area contributed by atoms with Crippen molar-refractivity contribution in [2.75, 3.05) is 18.5 Å². The van der Waals surface area contributed by atoms with E-state index in [9.17, 15) is 4.79 Å². The summed E-state index contributed by atoms with van der Waals surface area (Å²) in [5.74, 6) is 2.14. The highest BCUT2D eigenvalue weighted by molar-refractivity contribution is 5.91. The van der Waals surface area contributed by atoms with Crippen LogP contribution < -0.4 is 15.4 Å². The molecule has 2 aromatic rings. The molecular weight excluding hydrogens is 282 g/mol. The highest BCUT2D eigenvalue weighted by Gasteiger charge is 2.28. The zero-order valence-electron chi connectivity index (χ0n) is 12.6. The van der Waals surface area contributed by atoms with Crippen LogP contribution in [0, 0.1) is 6.92 Å². The quantitative estimate of drug-likeness (QED) is 0.884. The first kappa shape index (κ1) is 14.6. The maximum absolute atomic E-state index is 11.9. The van der Waals surface area contributed by atoms with E-state index in [-0.39, 0.29) is 24.4 Å². The summed E-state index contributed by atoms with van der Waals surface area (Å²) in [5, 5.41) is 9.67. The number of carbonyl (C=O) groups is 1. The van der Waals surface area contributed by atoms with Crippen LogP contribution in [0.5, 0.6) is 5.75 Å². The van der Waals surface area contributed by atoms with E-state index >= 15 is 0 Å². The van der Waals surface area contributed by atoms with Crippen molar-refractivity contribution < 1.29 is 14.1 Å². The number of fused-ring (bicyclic) bond motifs is 1. The van der Waals surface area contributed by atoms with Gasteiger partial charge < -0.3 is 19.9 Å². The molecule has 6 heteroatoms. The number of anilines is 1. The summed E-state index contributed by atoms with van der Waals surface area (Å²) in [7, 11) is 0. The van der Waals surface area contributed by atoms with E-state index in [0.717, 1.165) is 5.75 Å². The van der Waals surface area contributed by atoms with Gasteiger partial charge in [-0.2, -0.15) is 0 Å². The molecule has 2 atom stereocenters. The van der Waals surface area contributed by atoms with Crippen molar-refractivity contribution in [3.8, 4) is 5.75 Å². The van der Waals surface area contributed by atoms with Crippen LogP contribution in [0.2, 0.25) is 0 Å². The third-order valence-corrected chi connectivity index (χ3v) is 3.82. The zero-order chi connectivity index (χ0) is 15.5. The number of hydrogen-bond acceptors (Lipinski definition) is 5. The van der Waals surface area contributed by atoms with Gasteiger partial charge in [0.15, 0.2) is 5.82 Å². The van der Waals surface area contributed by atoms with Crippen molar-refractivity contribution in [3.05, 3.63) is 41.7 Å². The molecule has 0 spiro atoms. The largest absolute Gasteiger partial charge is 0.493 e. The second kappa shape index (κ2) is 6.19. The average Bonchev–Trinajstić information content (AvgIpc) is 3.11. The van der Waals surface area contributed by atoms with Crippen LogP contribution in [0.25, 0.3) is 0 Å². The van der Waals surface area contributed by atoms with Gasteiger partial charge >= 0.3 is 0 Å². The molecule has 22 heavy (non-hydrogen) atoms. The Morgan fingerprint density at radius 2 is 2.27 bits per heavy atom. The summed E-state index contributed by atoms with van der Waals surface area (Å²) in [6, 6.07) is 9.83. The van der Waals surface area contributed by atoms with Gasteiger partial charge in [0.05, 0.1) is 13.2 Å². The number of hydrogen-bond donors (Lipinski definition) is 2. The second-order valence-corrected chi connectivity index (χ2v) is 5.50. The van der Waals surface area contributed by atoms with Crippen LogP contribution in [-0.2, 0) is 4.79 Å². The number of carbonyl (C=O) groups excluding carboxylic acids is 1. The number of amides is 1. The predicted molar refractivity (Wildman–Crippen MR) is 82.0 cm³/mol. The Kier molecular flexibility index (Phi) is 4.11. The molecule has 6 nitrogen and oxygen atoms in total. The van der Waals surface area contributed by atoms with E-state index in [0.29, 0.717) is 18.2 Å². The summed E-state index contributed by atoms with van der Waals surface area (Å²) in [4.78, 5) is 11.9. The maximum Gasteiger partial charge on any atom is 0.239 e. The molecule has 116 valence electrons. The van der Waals surface area contributed by atoms with E-state index < -0.39 is 0 Å². The number of para-hydroxylation sites is 1. The Labute approximate surface area is 128 Å². The SMILES string of the molecule is Cc1cc(NC(=O)CN[C@H](C)[C@@H]2COc3ccccc32)no1. The summed E-state index contributed by atoms with van der Waals surface area (Å²) in [6.07, 6.45) is 0. The summed E-state index contributed by atoms with van der Waals surface area (Å²) in [6.45, 7) is 4.69. The van der Waals surface area contributed by atoms with Crippen molar-refractivity contribution in [3.63, 3.8) is 0 Å². The number of nitrogens with zero attached hydrogens (tertiary/aromatic N) is 1. The first-order chi connectivity index (χ1) is 10.6. The van der Waals surface area contributed by atoms with Crippen molar-refractivity contribution in [2.45, 2.75) is 25.8 Å². The van der Waals surface area contributed by atoms with Crippen molar-refractivity contribution in [1.82, 2.24) is 10.5 Å². The zero-order valence-corrected chi connectivity index (χ0v) is 12.6. The topological polar surface area (TPSA) is 76.4 Å².